The van der Waals surface area contributed by atoms with Gasteiger partial charge in [0.2, 0.25) is 11.7 Å². The number of hydrogen-bond acceptors (Lipinski definition) is 4. The zero-order valence-electron chi connectivity index (χ0n) is 20.0. The largest absolute Gasteiger partial charge is 0.326 e. The Morgan fingerprint density at radius 1 is 0.946 bits per heavy atom. The molecular formula is C28H23F2N5O2. The van der Waals surface area contributed by atoms with Gasteiger partial charge in [-0.1, -0.05) is 60.7 Å². The van der Waals surface area contributed by atoms with Gasteiger partial charge in [-0.05, 0) is 31.0 Å². The fourth-order valence-electron chi connectivity index (χ4n) is 4.20. The number of anilines is 1. The number of carbonyl (C=O) groups excluding carboxylic acids is 1. The lowest BCUT2D eigenvalue weighted by Gasteiger charge is -2.15. The summed E-state index contributed by atoms with van der Waals surface area (Å²) in [5.41, 5.74) is 2.68. The number of nitrogens with one attached hydrogen (secondary N) is 1. The number of nitrogens with zero attached hydrogens (tertiary/aromatic N) is 4. The van der Waals surface area contributed by atoms with Crippen molar-refractivity contribution in [3.05, 3.63) is 118 Å². The molecule has 0 aliphatic carbocycles. The molecule has 0 saturated carbocycles. The first-order chi connectivity index (χ1) is 17.9. The molecule has 0 atom stereocenters. The van der Waals surface area contributed by atoms with Crippen LogP contribution < -0.4 is 10.9 Å². The molecule has 5 rings (SSSR count). The SMILES string of the molecule is Cc1c(CCC(=O)Nc2ccc(F)c(F)c2)c(=O)n2nc(-c3ccccc3)nc2n1Cc1ccccc1. The smallest absolute Gasteiger partial charge is 0.279 e. The highest BCUT2D eigenvalue weighted by Crippen LogP contribution is 2.19. The van der Waals surface area contributed by atoms with Gasteiger partial charge in [-0.25, -0.2) is 8.78 Å². The molecule has 9 heteroatoms. The van der Waals surface area contributed by atoms with Gasteiger partial charge in [0.25, 0.3) is 5.56 Å². The Morgan fingerprint density at radius 3 is 2.35 bits per heavy atom. The summed E-state index contributed by atoms with van der Waals surface area (Å²) in [6.45, 7) is 2.28. The van der Waals surface area contributed by atoms with Crippen molar-refractivity contribution in [1.82, 2.24) is 19.2 Å². The first kappa shape index (κ1) is 24.1. The van der Waals surface area contributed by atoms with E-state index < -0.39 is 17.5 Å². The average Bonchev–Trinajstić information content (AvgIpc) is 3.36. The lowest BCUT2D eigenvalue weighted by Crippen LogP contribution is -2.27. The molecule has 1 N–H and O–H groups in total. The third-order valence-corrected chi connectivity index (χ3v) is 6.14. The number of carbonyl (C=O) groups is 1. The van der Waals surface area contributed by atoms with Crippen LogP contribution in [0.25, 0.3) is 17.2 Å². The standard InChI is InChI=1S/C28H23F2N5O2/c1-18-22(13-15-25(36)31-21-12-14-23(29)24(30)16-21)27(37)35-28(34(18)17-19-8-4-2-5-9-19)32-26(33-35)20-10-6-3-7-11-20/h2-12,14,16H,13,15,17H2,1H3,(H,31,36). The molecule has 37 heavy (non-hydrogen) atoms. The van der Waals surface area contributed by atoms with Gasteiger partial charge in [-0.2, -0.15) is 9.50 Å². The van der Waals surface area contributed by atoms with Gasteiger partial charge in [0.1, 0.15) is 0 Å². The second kappa shape index (κ2) is 10.1. The fraction of sp³-hybridized carbons (Fsp3) is 0.143. The van der Waals surface area contributed by atoms with Crippen molar-refractivity contribution in [2.24, 2.45) is 0 Å². The molecule has 0 radical (unpaired) electrons. The second-order valence-corrected chi connectivity index (χ2v) is 8.63. The van der Waals surface area contributed by atoms with Gasteiger partial charge in [0.05, 0.1) is 6.54 Å². The van der Waals surface area contributed by atoms with Crippen molar-refractivity contribution < 1.29 is 13.6 Å². The van der Waals surface area contributed by atoms with E-state index in [0.29, 0.717) is 29.4 Å². The van der Waals surface area contributed by atoms with Gasteiger partial charge in [0, 0.05) is 35.0 Å². The van der Waals surface area contributed by atoms with E-state index >= 15 is 0 Å². The zero-order valence-corrected chi connectivity index (χ0v) is 20.0. The molecule has 1 amide bonds. The second-order valence-electron chi connectivity index (χ2n) is 8.63. The number of amides is 1. The Hall–Kier alpha value is -4.66. The molecule has 0 fully saturated rings. The maximum atomic E-state index is 13.5. The van der Waals surface area contributed by atoms with Gasteiger partial charge in [-0.3, -0.25) is 9.59 Å². The number of hydrogen-bond donors (Lipinski definition) is 1. The van der Waals surface area contributed by atoms with Crippen molar-refractivity contribution in [2.45, 2.75) is 26.3 Å². The van der Waals surface area contributed by atoms with E-state index in [9.17, 15) is 18.4 Å². The zero-order chi connectivity index (χ0) is 25.9. The number of aromatic nitrogens is 4. The van der Waals surface area contributed by atoms with E-state index in [2.05, 4.69) is 15.4 Å². The van der Waals surface area contributed by atoms with Crippen LogP contribution in [0.5, 0.6) is 0 Å². The minimum Gasteiger partial charge on any atom is -0.326 e. The summed E-state index contributed by atoms with van der Waals surface area (Å²) in [4.78, 5) is 30.7. The van der Waals surface area contributed by atoms with E-state index in [0.717, 1.165) is 23.3 Å². The molecule has 0 unspecified atom stereocenters. The van der Waals surface area contributed by atoms with Gasteiger partial charge in [0.15, 0.2) is 17.5 Å². The summed E-state index contributed by atoms with van der Waals surface area (Å²) in [7, 11) is 0. The normalized spacial score (nSPS) is 11.1. The molecule has 3 aromatic carbocycles. The molecule has 5 aromatic rings. The van der Waals surface area contributed by atoms with Crippen LogP contribution in [0.3, 0.4) is 0 Å². The molecule has 0 aliphatic heterocycles. The van der Waals surface area contributed by atoms with Gasteiger partial charge in [-0.15, -0.1) is 5.10 Å². The van der Waals surface area contributed by atoms with Crippen LogP contribution >= 0.6 is 0 Å². The molecule has 0 saturated heterocycles. The average molecular weight is 500 g/mol. The number of fused-ring (bicyclic) bond motifs is 1. The minimum absolute atomic E-state index is 0.0356. The number of benzene rings is 3. The molecule has 0 aliphatic rings. The molecular weight excluding hydrogens is 476 g/mol. The van der Waals surface area contributed by atoms with Crippen molar-refractivity contribution in [2.75, 3.05) is 5.32 Å². The summed E-state index contributed by atoms with van der Waals surface area (Å²) >= 11 is 0. The van der Waals surface area contributed by atoms with Crippen LogP contribution in [0.1, 0.15) is 23.2 Å². The van der Waals surface area contributed by atoms with Crippen molar-refractivity contribution >= 4 is 17.4 Å². The quantitative estimate of drug-likeness (QED) is 0.350. The highest BCUT2D eigenvalue weighted by atomic mass is 19.2. The summed E-state index contributed by atoms with van der Waals surface area (Å²) in [6.07, 6.45) is 0.0948. The van der Waals surface area contributed by atoms with Crippen LogP contribution in [0.2, 0.25) is 0 Å². The molecule has 0 spiro atoms. The Balaban J connectivity index is 1.51. The van der Waals surface area contributed by atoms with E-state index in [1.165, 1.54) is 10.6 Å². The molecule has 0 bridgehead atoms. The Bertz CT molecular complexity index is 1650. The van der Waals surface area contributed by atoms with Gasteiger partial charge < -0.3 is 9.88 Å². The van der Waals surface area contributed by atoms with E-state index in [-0.39, 0.29) is 24.1 Å². The number of rotatable bonds is 7. The first-order valence-electron chi connectivity index (χ1n) is 11.7. The maximum Gasteiger partial charge on any atom is 0.279 e. The summed E-state index contributed by atoms with van der Waals surface area (Å²) in [6, 6.07) is 22.3. The molecule has 2 aromatic heterocycles. The lowest BCUT2D eigenvalue weighted by atomic mass is 10.1. The highest BCUT2D eigenvalue weighted by molar-refractivity contribution is 5.90. The first-order valence-corrected chi connectivity index (χ1v) is 11.7. The lowest BCUT2D eigenvalue weighted by molar-refractivity contribution is -0.116. The number of halogens is 2. The van der Waals surface area contributed by atoms with Crippen LogP contribution in [0.4, 0.5) is 14.5 Å². The third-order valence-electron chi connectivity index (χ3n) is 6.14. The Morgan fingerprint density at radius 2 is 1.65 bits per heavy atom. The third kappa shape index (κ3) is 5.02. The van der Waals surface area contributed by atoms with E-state index in [1.807, 2.05) is 72.2 Å². The Kier molecular flexibility index (Phi) is 6.59. The molecule has 186 valence electrons. The highest BCUT2D eigenvalue weighted by Gasteiger charge is 2.20. The monoisotopic (exact) mass is 499 g/mol. The summed E-state index contributed by atoms with van der Waals surface area (Å²) in [5, 5.41) is 7.04. The molecule has 2 heterocycles. The van der Waals surface area contributed by atoms with Crippen LogP contribution in [-0.2, 0) is 17.8 Å². The maximum absolute atomic E-state index is 13.5. The summed E-state index contributed by atoms with van der Waals surface area (Å²) < 4.78 is 29.9. The fourth-order valence-corrected chi connectivity index (χ4v) is 4.20. The van der Waals surface area contributed by atoms with Gasteiger partial charge >= 0.3 is 0 Å². The van der Waals surface area contributed by atoms with Crippen molar-refractivity contribution in [3.63, 3.8) is 0 Å². The van der Waals surface area contributed by atoms with Crippen molar-refractivity contribution in [1.29, 1.82) is 0 Å². The van der Waals surface area contributed by atoms with Crippen LogP contribution in [0.15, 0.2) is 83.7 Å². The predicted octanol–water partition coefficient (Wildman–Crippen LogP) is 4.76. The van der Waals surface area contributed by atoms with Crippen LogP contribution in [-0.4, -0.2) is 25.1 Å². The summed E-state index contributed by atoms with van der Waals surface area (Å²) in [5.74, 6) is -1.65. The molecule has 7 nitrogen and oxygen atoms in total. The topological polar surface area (TPSA) is 81.3 Å². The predicted molar refractivity (Wildman–Crippen MR) is 136 cm³/mol. The van der Waals surface area contributed by atoms with E-state index in [1.54, 1.807) is 0 Å². The van der Waals surface area contributed by atoms with Crippen LogP contribution in [0, 0.1) is 18.6 Å². The Labute approximate surface area is 211 Å². The van der Waals surface area contributed by atoms with E-state index in [4.69, 9.17) is 0 Å². The minimum atomic E-state index is -1.05. The van der Waals surface area contributed by atoms with Crippen molar-refractivity contribution in [3.8, 4) is 11.4 Å².